The number of amides is 12. The summed E-state index contributed by atoms with van der Waals surface area (Å²) < 4.78 is 5.93. The Labute approximate surface area is 806 Å². The molecule has 742 valence electrons. The highest BCUT2D eigenvalue weighted by molar-refractivity contribution is 6.01. The molecule has 5 heterocycles. The van der Waals surface area contributed by atoms with Gasteiger partial charge in [0.15, 0.2) is 0 Å². The molecule has 1 aliphatic carbocycles. The molecule has 2 aliphatic rings. The molecule has 0 saturated carbocycles. The summed E-state index contributed by atoms with van der Waals surface area (Å²) in [5.41, 5.74) is 45.2. The molecule has 0 unspecified atom stereocenters. The molecule has 10 aromatic rings. The van der Waals surface area contributed by atoms with E-state index in [4.69, 9.17) is 39.1 Å². The van der Waals surface area contributed by atoms with Gasteiger partial charge in [-0.05, 0) is 236 Å². The summed E-state index contributed by atoms with van der Waals surface area (Å²) >= 11 is 0. The van der Waals surface area contributed by atoms with Gasteiger partial charge < -0.3 is 128 Å². The standard InChI is InChI=1S/C102H134N22O15/c103-45-19-13-38-79(91(126)119-85(52-62-56-109-75-34-9-5-26-66(62)75)95(130)115-81(40-15-21-47-105)93(128)121-88(55-65-59-112-78-37-12-8-29-69(65)78)98(133)118-84(101(136)137)43-18-24-50-108)114-90(125)60-113-99(134)89-44-25-51-124(89)100(135)83(42-17-23-49-107)117-97(132)87(54-64-58-111-77-36-11-7-28-68(64)77)120-92(127)80(39-14-20-46-104)116-96(131)86(53-63-57-110-76-35-10-6-27-67(63)76)122-94(129)82(41-16-22-48-106)123-102(138)139-61-74-72-32-3-1-30-70(72)71-31-2-4-33-73(71)74/h1-12,26-37,56-59,74,79-89,109-112H,13-25,38-55,60-61,103-108H2,(H,113,134)(H,114,125)(H,115,130)(H,116,131)(H,117,132)(H,118,133)(H,119,126)(H,120,127)(H,121,128)(H,122,129)(H,123,138)(H,136,137)/t79-,80-,81-,82-,83-,84-,85-,86-,87-,88-,89-/m1/s1. The molecule has 4 aromatic heterocycles. The molecule has 1 saturated heterocycles. The lowest BCUT2D eigenvalue weighted by molar-refractivity contribution is -0.142. The predicted octanol–water partition coefficient (Wildman–Crippen LogP) is 5.12. The number of H-pyrrole nitrogens is 4. The van der Waals surface area contributed by atoms with Gasteiger partial charge in [-0.25, -0.2) is 9.59 Å². The number of hydrogen-bond donors (Lipinski definition) is 22. The van der Waals surface area contributed by atoms with Crippen LogP contribution in [0.5, 0.6) is 0 Å². The van der Waals surface area contributed by atoms with Gasteiger partial charge in [-0.2, -0.15) is 0 Å². The van der Waals surface area contributed by atoms with Crippen molar-refractivity contribution in [3.05, 3.63) is 204 Å². The van der Waals surface area contributed by atoms with E-state index in [-0.39, 0.29) is 116 Å². The average molecular weight is 1910 g/mol. The van der Waals surface area contributed by atoms with Gasteiger partial charge in [-0.1, -0.05) is 121 Å². The summed E-state index contributed by atoms with van der Waals surface area (Å²) in [6, 6.07) is 30.4. The van der Waals surface area contributed by atoms with Crippen molar-refractivity contribution in [1.29, 1.82) is 0 Å². The van der Waals surface area contributed by atoms with Crippen LogP contribution in [0.15, 0.2) is 170 Å². The Hall–Kier alpha value is -13.9. The van der Waals surface area contributed by atoms with Crippen LogP contribution in [0.25, 0.3) is 54.7 Å². The molecule has 37 heteroatoms. The number of fused-ring (bicyclic) bond motifs is 7. The number of carboxylic acids is 1. The number of nitrogens with zero attached hydrogens (tertiary/aromatic N) is 1. The number of rotatable bonds is 57. The van der Waals surface area contributed by atoms with Crippen LogP contribution in [0.2, 0.25) is 0 Å². The molecule has 6 aromatic carbocycles. The fourth-order valence-electron chi connectivity index (χ4n) is 18.5. The number of carboxylic acid groups (broad SMARTS) is 1. The molecule has 0 spiro atoms. The lowest BCUT2D eigenvalue weighted by atomic mass is 9.98. The zero-order valence-electron chi connectivity index (χ0n) is 78.5. The average Bonchev–Trinajstić information content (AvgIpc) is 1.60. The number of alkyl carbamates (subject to hydrolysis) is 1. The summed E-state index contributed by atoms with van der Waals surface area (Å²) in [4.78, 5) is 206. The smallest absolute Gasteiger partial charge is 0.407 e. The first-order valence-electron chi connectivity index (χ1n) is 48.6. The number of unbranched alkanes of at least 4 members (excludes halogenated alkanes) is 6. The maximum absolute atomic E-state index is 15.5. The molecule has 12 rings (SSSR count). The molecule has 1 aliphatic heterocycles. The molecule has 28 N–H and O–H groups in total. The number of nitrogens with one attached hydrogen (secondary N) is 15. The van der Waals surface area contributed by atoms with E-state index in [1.54, 1.807) is 30.9 Å². The zero-order chi connectivity index (χ0) is 98.7. The van der Waals surface area contributed by atoms with E-state index < -0.39 is 150 Å². The van der Waals surface area contributed by atoms with Crippen molar-refractivity contribution >= 4 is 121 Å². The second kappa shape index (κ2) is 52.6. The highest BCUT2D eigenvalue weighted by Gasteiger charge is 2.42. The summed E-state index contributed by atoms with van der Waals surface area (Å²) in [6.07, 6.45) is 11.0. The first kappa shape index (κ1) is 104. The van der Waals surface area contributed by atoms with Gasteiger partial charge in [0.1, 0.15) is 73.1 Å². The van der Waals surface area contributed by atoms with Crippen molar-refractivity contribution in [2.45, 2.75) is 226 Å². The molecule has 0 bridgehead atoms. The van der Waals surface area contributed by atoms with E-state index in [1.807, 2.05) is 140 Å². The minimum atomic E-state index is -1.45. The SMILES string of the molecule is NCCCC[C@@H](NC(=O)[C@@H](Cc1c[nH]c2ccccc12)NC(=O)[C@@H](CCCCN)NC(=O)[C@@H](Cc1c[nH]c2ccccc12)NC(=O)[C@@H](CCCCN)NC(=O)CNC(=O)[C@H]1CCCN1C(=O)[C@@H](CCCCN)NC(=O)[C@@H](Cc1c[nH]c2ccccc12)NC(=O)[C@@H](CCCCN)NC(=O)[C@@H](Cc1c[nH]c2ccccc12)NC(=O)[C@@H](CCCCN)NC(=O)OCC1c2ccccc2-c2ccccc21)C(=O)O. The van der Waals surface area contributed by atoms with Crippen LogP contribution < -0.4 is 92.9 Å². The van der Waals surface area contributed by atoms with E-state index in [2.05, 4.69) is 78.4 Å². The summed E-state index contributed by atoms with van der Waals surface area (Å²) in [6.45, 7) is 0.852. The number of aromatic nitrogens is 4. The topological polar surface area (TPSA) is 606 Å². The lowest BCUT2D eigenvalue weighted by Gasteiger charge is -2.30. The highest BCUT2D eigenvalue weighted by atomic mass is 16.5. The molecule has 139 heavy (non-hydrogen) atoms. The number of aliphatic carboxylic acids is 1. The third-order valence-electron chi connectivity index (χ3n) is 26.0. The Morgan fingerprint density at radius 1 is 0.345 bits per heavy atom. The maximum Gasteiger partial charge on any atom is 0.407 e. The highest BCUT2D eigenvalue weighted by Crippen LogP contribution is 2.45. The van der Waals surface area contributed by atoms with Crippen LogP contribution in [0.4, 0.5) is 4.79 Å². The normalized spacial score (nSPS) is 15.0. The number of nitrogens with two attached hydrogens (primary N) is 6. The van der Waals surface area contributed by atoms with Gasteiger partial charge in [-0.15, -0.1) is 0 Å². The molecule has 1 fully saturated rings. The molecule has 37 nitrogen and oxygen atoms in total. The second-order valence-electron chi connectivity index (χ2n) is 35.8. The lowest BCUT2D eigenvalue weighted by Crippen LogP contribution is -2.60. The summed E-state index contributed by atoms with van der Waals surface area (Å²) in [7, 11) is 0. The van der Waals surface area contributed by atoms with Crippen molar-refractivity contribution in [1.82, 2.24) is 83.3 Å². The third-order valence-corrected chi connectivity index (χ3v) is 26.0. The number of benzene rings is 6. The van der Waals surface area contributed by atoms with Crippen LogP contribution in [0, 0.1) is 0 Å². The third kappa shape index (κ3) is 28.7. The fraction of sp³-hybridized carbons (Fsp3) is 0.441. The van der Waals surface area contributed by atoms with Gasteiger partial charge in [0.2, 0.25) is 65.0 Å². The number of aromatic amines is 4. The van der Waals surface area contributed by atoms with Crippen LogP contribution in [0.3, 0.4) is 0 Å². The first-order chi connectivity index (χ1) is 67.5. The van der Waals surface area contributed by atoms with Gasteiger partial charge in [0.05, 0.1) is 6.54 Å². The van der Waals surface area contributed by atoms with Gasteiger partial charge in [-0.3, -0.25) is 52.7 Å². The summed E-state index contributed by atoms with van der Waals surface area (Å²) in [5.74, 6) is -10.0. The van der Waals surface area contributed by atoms with Gasteiger partial charge >= 0.3 is 12.1 Å². The number of likely N-dealkylation sites (tertiary alicyclic amines) is 1. The van der Waals surface area contributed by atoms with Crippen molar-refractivity contribution in [2.24, 2.45) is 34.4 Å². The Kier molecular flexibility index (Phi) is 39.4. The number of carbonyl (C=O) groups excluding carboxylic acids is 12. The van der Waals surface area contributed by atoms with Crippen LogP contribution in [0.1, 0.15) is 168 Å². The first-order valence-corrected chi connectivity index (χ1v) is 48.6. The number of hydrogen-bond acceptors (Lipinski definition) is 20. The van der Waals surface area contributed by atoms with Crippen LogP contribution in [-0.2, 0) is 88.0 Å². The minimum Gasteiger partial charge on any atom is -0.480 e. The quantitative estimate of drug-likeness (QED) is 0.0220. The van der Waals surface area contributed by atoms with Crippen molar-refractivity contribution in [3.63, 3.8) is 0 Å². The second-order valence-corrected chi connectivity index (χ2v) is 35.8. The maximum atomic E-state index is 15.5. The zero-order valence-corrected chi connectivity index (χ0v) is 78.5. The Morgan fingerprint density at radius 2 is 0.633 bits per heavy atom. The van der Waals surface area contributed by atoms with E-state index >= 15 is 28.8 Å². The largest absolute Gasteiger partial charge is 0.480 e. The van der Waals surface area contributed by atoms with Gasteiger partial charge in [0, 0.05) is 107 Å². The Balaban J connectivity index is 0.738. The molecule has 0 radical (unpaired) electrons. The molecular weight excluding hydrogens is 1770 g/mol. The van der Waals surface area contributed by atoms with E-state index in [1.165, 1.54) is 4.90 Å². The number of carbonyl (C=O) groups is 13. The molecular formula is C102H134N22O15. The van der Waals surface area contributed by atoms with Crippen LogP contribution >= 0.6 is 0 Å². The van der Waals surface area contributed by atoms with E-state index in [0.29, 0.717) is 119 Å². The Morgan fingerprint density at radius 3 is 0.986 bits per heavy atom. The van der Waals surface area contributed by atoms with E-state index in [9.17, 15) is 38.7 Å². The fourth-order valence-corrected chi connectivity index (χ4v) is 18.5. The molecule has 12 amide bonds. The monoisotopic (exact) mass is 1910 g/mol. The molecule has 11 atom stereocenters. The number of ether oxygens (including phenoxy) is 1. The van der Waals surface area contributed by atoms with Crippen LogP contribution in [-0.4, -0.2) is 232 Å². The Bertz CT molecular complexity index is 5810. The van der Waals surface area contributed by atoms with Crippen molar-refractivity contribution in [3.8, 4) is 11.1 Å². The summed E-state index contributed by atoms with van der Waals surface area (Å²) in [5, 5.41) is 44.3. The van der Waals surface area contributed by atoms with Crippen molar-refractivity contribution in [2.75, 3.05) is 59.0 Å². The predicted molar refractivity (Wildman–Crippen MR) is 530 cm³/mol. The van der Waals surface area contributed by atoms with E-state index in [0.717, 1.165) is 65.9 Å². The van der Waals surface area contributed by atoms with Crippen molar-refractivity contribution < 1.29 is 72.2 Å². The van der Waals surface area contributed by atoms with Gasteiger partial charge in [0.25, 0.3) is 0 Å². The minimum absolute atomic E-state index is 0.00583. The number of para-hydroxylation sites is 4.